The van der Waals surface area contributed by atoms with Crippen LogP contribution >= 0.6 is 11.6 Å². The number of ether oxygens (including phenoxy) is 1. The number of rotatable bonds is 6. The molecule has 0 aromatic carbocycles. The van der Waals surface area contributed by atoms with Gasteiger partial charge in [0.1, 0.15) is 6.61 Å². The molecule has 0 fully saturated rings. The Bertz CT molecular complexity index is 150. The largest absolute Gasteiger partial charge is 0.465 e. The van der Waals surface area contributed by atoms with Crippen LogP contribution in [0, 0.1) is 0 Å². The number of hydrogen-bond donors (Lipinski definition) is 0. The summed E-state index contributed by atoms with van der Waals surface area (Å²) in [5.41, 5.74) is 0. The van der Waals surface area contributed by atoms with Gasteiger partial charge in [0.05, 0.1) is 7.11 Å². The van der Waals surface area contributed by atoms with Gasteiger partial charge in [0.25, 0.3) is 0 Å². The molecule has 0 spiro atoms. The Hall–Kier alpha value is -0.770. The SMILES string of the molecule is COC(=O)C=NOCCCCCl. The Kier molecular flexibility index (Phi) is 7.79. The summed E-state index contributed by atoms with van der Waals surface area (Å²) >= 11 is 5.42. The van der Waals surface area contributed by atoms with E-state index in [1.807, 2.05) is 0 Å². The Morgan fingerprint density at radius 1 is 1.58 bits per heavy atom. The van der Waals surface area contributed by atoms with Gasteiger partial charge in [-0.15, -0.1) is 11.6 Å². The highest BCUT2D eigenvalue weighted by atomic mass is 35.5. The summed E-state index contributed by atoms with van der Waals surface area (Å²) in [5, 5.41) is 3.37. The molecule has 0 aliphatic carbocycles. The number of carbonyl (C=O) groups is 1. The van der Waals surface area contributed by atoms with Crippen LogP contribution in [0.15, 0.2) is 5.16 Å². The van der Waals surface area contributed by atoms with Gasteiger partial charge in [0.15, 0.2) is 6.21 Å². The summed E-state index contributed by atoms with van der Waals surface area (Å²) in [5.74, 6) is 0.0942. The minimum Gasteiger partial charge on any atom is -0.465 e. The van der Waals surface area contributed by atoms with E-state index in [-0.39, 0.29) is 0 Å². The minimum absolute atomic E-state index is 0.472. The van der Waals surface area contributed by atoms with Gasteiger partial charge in [-0.25, -0.2) is 4.79 Å². The van der Waals surface area contributed by atoms with Crippen LogP contribution < -0.4 is 0 Å². The van der Waals surface area contributed by atoms with Gasteiger partial charge in [0.2, 0.25) is 0 Å². The third kappa shape index (κ3) is 7.34. The summed E-state index contributed by atoms with van der Waals surface area (Å²) < 4.78 is 4.29. The van der Waals surface area contributed by atoms with E-state index in [4.69, 9.17) is 16.4 Å². The zero-order valence-electron chi connectivity index (χ0n) is 6.96. The van der Waals surface area contributed by atoms with E-state index in [0.29, 0.717) is 12.5 Å². The summed E-state index contributed by atoms with van der Waals surface area (Å²) in [6.07, 6.45) is 2.71. The molecule has 0 heterocycles. The average Bonchev–Trinajstić information content (AvgIpc) is 2.10. The van der Waals surface area contributed by atoms with Gasteiger partial charge in [-0.05, 0) is 12.8 Å². The summed E-state index contributed by atoms with van der Waals surface area (Å²) in [7, 11) is 1.28. The summed E-state index contributed by atoms with van der Waals surface area (Å²) in [6, 6.07) is 0. The first-order chi connectivity index (χ1) is 5.81. The van der Waals surface area contributed by atoms with E-state index in [0.717, 1.165) is 19.1 Å². The zero-order chi connectivity index (χ0) is 9.23. The molecule has 0 aliphatic heterocycles. The van der Waals surface area contributed by atoms with Crippen molar-refractivity contribution < 1.29 is 14.4 Å². The lowest BCUT2D eigenvalue weighted by atomic mass is 10.4. The van der Waals surface area contributed by atoms with Crippen molar-refractivity contribution in [3.8, 4) is 0 Å². The molecule has 0 bridgehead atoms. The molecule has 0 amide bonds. The molecule has 0 aliphatic rings. The molecule has 0 rings (SSSR count). The molecule has 0 saturated carbocycles. The molecule has 0 atom stereocenters. The number of hydrogen-bond acceptors (Lipinski definition) is 4. The first kappa shape index (κ1) is 11.2. The second-order valence-corrected chi connectivity index (χ2v) is 2.36. The first-order valence-electron chi connectivity index (χ1n) is 3.60. The van der Waals surface area contributed by atoms with Crippen molar-refractivity contribution in [3.63, 3.8) is 0 Å². The third-order valence-electron chi connectivity index (χ3n) is 1.05. The lowest BCUT2D eigenvalue weighted by molar-refractivity contribution is -0.132. The predicted molar refractivity (Wildman–Crippen MR) is 46.4 cm³/mol. The molecular weight excluding hydrogens is 182 g/mol. The van der Waals surface area contributed by atoms with Crippen molar-refractivity contribution in [2.75, 3.05) is 19.6 Å². The second kappa shape index (κ2) is 8.33. The van der Waals surface area contributed by atoms with E-state index in [9.17, 15) is 4.79 Å². The van der Waals surface area contributed by atoms with Gasteiger partial charge in [-0.1, -0.05) is 5.16 Å². The van der Waals surface area contributed by atoms with Gasteiger partial charge < -0.3 is 9.57 Å². The standard InChI is InChI=1S/C7H12ClNO3/c1-11-7(10)6-9-12-5-3-2-4-8/h6H,2-5H2,1H3. The van der Waals surface area contributed by atoms with Gasteiger partial charge in [-0.2, -0.15) is 0 Å². The van der Waals surface area contributed by atoms with E-state index in [1.54, 1.807) is 0 Å². The lowest BCUT2D eigenvalue weighted by Crippen LogP contribution is -2.01. The fraction of sp³-hybridized carbons (Fsp3) is 0.714. The normalized spacial score (nSPS) is 10.2. The van der Waals surface area contributed by atoms with E-state index in [2.05, 4.69) is 9.89 Å². The van der Waals surface area contributed by atoms with Crippen LogP contribution in [-0.2, 0) is 14.4 Å². The Morgan fingerprint density at radius 2 is 2.33 bits per heavy atom. The number of halogens is 1. The second-order valence-electron chi connectivity index (χ2n) is 1.99. The maximum Gasteiger partial charge on any atom is 0.352 e. The molecule has 0 unspecified atom stereocenters. The van der Waals surface area contributed by atoms with Crippen molar-refractivity contribution in [1.29, 1.82) is 0 Å². The molecule has 0 radical (unpaired) electrons. The minimum atomic E-state index is -0.521. The van der Waals surface area contributed by atoms with E-state index < -0.39 is 5.97 Å². The van der Waals surface area contributed by atoms with Crippen LogP contribution in [0.25, 0.3) is 0 Å². The maximum absolute atomic E-state index is 10.4. The van der Waals surface area contributed by atoms with Crippen LogP contribution in [0.1, 0.15) is 12.8 Å². The molecule has 5 heteroatoms. The van der Waals surface area contributed by atoms with Gasteiger partial charge >= 0.3 is 5.97 Å². The molecule has 0 N–H and O–H groups in total. The Morgan fingerprint density at radius 3 is 2.92 bits per heavy atom. The van der Waals surface area contributed by atoms with Crippen molar-refractivity contribution in [1.82, 2.24) is 0 Å². The Balaban J connectivity index is 3.18. The van der Waals surface area contributed by atoms with Gasteiger partial charge in [0, 0.05) is 5.88 Å². The van der Waals surface area contributed by atoms with Crippen molar-refractivity contribution >= 4 is 23.8 Å². The van der Waals surface area contributed by atoms with E-state index >= 15 is 0 Å². The van der Waals surface area contributed by atoms with Crippen molar-refractivity contribution in [2.24, 2.45) is 5.16 Å². The number of nitrogens with zero attached hydrogens (tertiary/aromatic N) is 1. The average molecular weight is 194 g/mol. The summed E-state index contributed by atoms with van der Waals surface area (Å²) in [6.45, 7) is 0.472. The topological polar surface area (TPSA) is 47.9 Å². The number of alkyl halides is 1. The zero-order valence-corrected chi connectivity index (χ0v) is 7.71. The fourth-order valence-electron chi connectivity index (χ4n) is 0.447. The number of methoxy groups -OCH3 is 1. The summed E-state index contributed by atoms with van der Waals surface area (Å²) in [4.78, 5) is 15.1. The number of unbranched alkanes of at least 4 members (excludes halogenated alkanes) is 1. The molecule has 12 heavy (non-hydrogen) atoms. The predicted octanol–water partition coefficient (Wildman–Crippen LogP) is 1.18. The van der Waals surface area contributed by atoms with Crippen LogP contribution in [-0.4, -0.2) is 31.8 Å². The van der Waals surface area contributed by atoms with Crippen molar-refractivity contribution in [3.05, 3.63) is 0 Å². The number of oxime groups is 1. The highest BCUT2D eigenvalue weighted by molar-refractivity contribution is 6.22. The number of esters is 1. The Labute approximate surface area is 76.5 Å². The quantitative estimate of drug-likeness (QED) is 0.209. The molecule has 0 saturated heterocycles. The van der Waals surface area contributed by atoms with Crippen LogP contribution in [0.4, 0.5) is 0 Å². The van der Waals surface area contributed by atoms with Gasteiger partial charge in [-0.3, -0.25) is 0 Å². The van der Waals surface area contributed by atoms with Crippen LogP contribution in [0.2, 0.25) is 0 Å². The van der Waals surface area contributed by atoms with E-state index in [1.165, 1.54) is 7.11 Å². The number of carbonyl (C=O) groups excluding carboxylic acids is 1. The first-order valence-corrected chi connectivity index (χ1v) is 4.14. The maximum atomic E-state index is 10.4. The molecule has 0 aromatic heterocycles. The van der Waals surface area contributed by atoms with Crippen molar-refractivity contribution in [2.45, 2.75) is 12.8 Å². The molecule has 4 nitrogen and oxygen atoms in total. The van der Waals surface area contributed by atoms with Crippen LogP contribution in [0.3, 0.4) is 0 Å². The monoisotopic (exact) mass is 193 g/mol. The third-order valence-corrected chi connectivity index (χ3v) is 1.32. The molecule has 70 valence electrons. The molecule has 0 aromatic rings. The fourth-order valence-corrected chi connectivity index (χ4v) is 0.636. The molecular formula is C7H12ClNO3. The highest BCUT2D eigenvalue weighted by Crippen LogP contribution is 1.92. The van der Waals surface area contributed by atoms with Crippen LogP contribution in [0.5, 0.6) is 0 Å². The highest BCUT2D eigenvalue weighted by Gasteiger charge is 1.91. The lowest BCUT2D eigenvalue weighted by Gasteiger charge is -1.95. The smallest absolute Gasteiger partial charge is 0.352 e.